The first-order valence-corrected chi connectivity index (χ1v) is 8.03. The van der Waals surface area contributed by atoms with Gasteiger partial charge >= 0.3 is 0 Å². The Morgan fingerprint density at radius 2 is 2.14 bits per heavy atom. The number of carbonyl (C=O) groups excluding carboxylic acids is 1. The number of aromatic nitrogens is 2. The predicted octanol–water partition coefficient (Wildman–Crippen LogP) is 2.02. The number of piperidine rings is 1. The number of rotatable bonds is 4. The highest BCUT2D eigenvalue weighted by atomic mass is 79.9. The normalized spacial score (nSPS) is 17.4. The quantitative estimate of drug-likeness (QED) is 0.864. The molecule has 0 aromatic carbocycles. The van der Waals surface area contributed by atoms with Gasteiger partial charge in [-0.15, -0.1) is 0 Å². The van der Waals surface area contributed by atoms with Crippen molar-refractivity contribution in [3.05, 3.63) is 10.7 Å². The molecule has 1 fully saturated rings. The third kappa shape index (κ3) is 4.06. The molecule has 1 aromatic rings. The first-order valence-electron chi connectivity index (χ1n) is 7.23. The molecule has 6 nitrogen and oxygen atoms in total. The molecule has 2 heterocycles. The Labute approximate surface area is 133 Å². The molecule has 1 amide bonds. The van der Waals surface area contributed by atoms with Crippen LogP contribution in [0.25, 0.3) is 0 Å². The first kappa shape index (κ1) is 16.0. The number of amides is 1. The topological polar surface area (TPSA) is 70.2 Å². The van der Waals surface area contributed by atoms with Gasteiger partial charge in [-0.2, -0.15) is 4.98 Å². The summed E-state index contributed by atoms with van der Waals surface area (Å²) in [5.41, 5.74) is 0. The molecule has 0 saturated carbocycles. The van der Waals surface area contributed by atoms with Gasteiger partial charge in [0.05, 0.1) is 4.47 Å². The summed E-state index contributed by atoms with van der Waals surface area (Å²) in [5.74, 6) is 2.12. The van der Waals surface area contributed by atoms with E-state index in [9.17, 15) is 4.79 Å². The Kier molecular flexibility index (Phi) is 5.39. The van der Waals surface area contributed by atoms with Gasteiger partial charge in [0.15, 0.2) is 0 Å². The second kappa shape index (κ2) is 7.06. The highest BCUT2D eigenvalue weighted by Gasteiger charge is 2.25. The molecule has 116 valence electrons. The fraction of sp³-hybridized carbons (Fsp3) is 0.643. The van der Waals surface area contributed by atoms with Crippen molar-refractivity contribution in [2.75, 3.05) is 30.4 Å². The van der Waals surface area contributed by atoms with E-state index in [2.05, 4.69) is 48.4 Å². The van der Waals surface area contributed by atoms with Crippen LogP contribution in [-0.4, -0.2) is 42.1 Å². The molecule has 7 heteroatoms. The van der Waals surface area contributed by atoms with Gasteiger partial charge in [-0.1, -0.05) is 0 Å². The van der Waals surface area contributed by atoms with Crippen LogP contribution in [0.4, 0.5) is 11.8 Å². The smallest absolute Gasteiger partial charge is 0.227 e. The lowest BCUT2D eigenvalue weighted by Crippen LogP contribution is -2.43. The molecule has 2 rings (SSSR count). The van der Waals surface area contributed by atoms with Gasteiger partial charge in [-0.3, -0.25) is 4.79 Å². The first-order chi connectivity index (χ1) is 10.0. The molecule has 1 aromatic heterocycles. The maximum Gasteiger partial charge on any atom is 0.227 e. The lowest BCUT2D eigenvalue weighted by Gasteiger charge is -2.35. The van der Waals surface area contributed by atoms with E-state index < -0.39 is 0 Å². The van der Waals surface area contributed by atoms with E-state index in [1.165, 1.54) is 0 Å². The molecule has 1 unspecified atom stereocenters. The minimum atomic E-state index is 0.0415. The van der Waals surface area contributed by atoms with Crippen molar-refractivity contribution in [3.8, 4) is 0 Å². The second-order valence-electron chi connectivity index (χ2n) is 5.43. The summed E-state index contributed by atoms with van der Waals surface area (Å²) < 4.78 is 0.864. The summed E-state index contributed by atoms with van der Waals surface area (Å²) >= 11 is 3.42. The lowest BCUT2D eigenvalue weighted by molar-refractivity contribution is -0.119. The number of nitrogens with zero attached hydrogens (tertiary/aromatic N) is 3. The van der Waals surface area contributed by atoms with Crippen LogP contribution < -0.4 is 15.5 Å². The SMILES string of the molecule is CNc1nc(N2CCC(C(C)NC(C)=O)CC2)ncc1Br. The molecule has 0 radical (unpaired) electrons. The Balaban J connectivity index is 1.96. The van der Waals surface area contributed by atoms with Crippen molar-refractivity contribution >= 4 is 33.6 Å². The van der Waals surface area contributed by atoms with E-state index >= 15 is 0 Å². The molecule has 2 N–H and O–H groups in total. The number of hydrogen-bond donors (Lipinski definition) is 2. The maximum absolute atomic E-state index is 11.1. The van der Waals surface area contributed by atoms with Gasteiger partial charge in [0, 0.05) is 39.3 Å². The fourth-order valence-corrected chi connectivity index (χ4v) is 3.11. The zero-order valence-electron chi connectivity index (χ0n) is 12.7. The molecule has 1 aliphatic heterocycles. The third-order valence-corrected chi connectivity index (χ3v) is 4.51. The van der Waals surface area contributed by atoms with Crippen molar-refractivity contribution < 1.29 is 4.79 Å². The van der Waals surface area contributed by atoms with E-state index in [-0.39, 0.29) is 11.9 Å². The van der Waals surface area contributed by atoms with Crippen LogP contribution in [0, 0.1) is 5.92 Å². The Hall–Kier alpha value is -1.37. The predicted molar refractivity (Wildman–Crippen MR) is 87.5 cm³/mol. The number of halogens is 1. The summed E-state index contributed by atoms with van der Waals surface area (Å²) in [7, 11) is 1.85. The molecular formula is C14H22BrN5O. The van der Waals surface area contributed by atoms with Crippen LogP contribution in [0.3, 0.4) is 0 Å². The van der Waals surface area contributed by atoms with Crippen molar-refractivity contribution in [2.24, 2.45) is 5.92 Å². The zero-order chi connectivity index (χ0) is 15.4. The molecule has 0 bridgehead atoms. The summed E-state index contributed by atoms with van der Waals surface area (Å²) in [6.07, 6.45) is 3.85. The highest BCUT2D eigenvalue weighted by molar-refractivity contribution is 9.10. The summed E-state index contributed by atoms with van der Waals surface area (Å²) in [6.45, 7) is 5.48. The summed E-state index contributed by atoms with van der Waals surface area (Å²) in [5, 5.41) is 6.04. The lowest BCUT2D eigenvalue weighted by atomic mass is 9.90. The van der Waals surface area contributed by atoms with Crippen LogP contribution in [-0.2, 0) is 4.79 Å². The molecule has 1 aliphatic rings. The van der Waals surface area contributed by atoms with Crippen molar-refractivity contribution in [1.29, 1.82) is 0 Å². The molecule has 21 heavy (non-hydrogen) atoms. The van der Waals surface area contributed by atoms with Crippen LogP contribution in [0.1, 0.15) is 26.7 Å². The molecular weight excluding hydrogens is 334 g/mol. The minimum Gasteiger partial charge on any atom is -0.372 e. The van der Waals surface area contributed by atoms with Crippen LogP contribution >= 0.6 is 15.9 Å². The largest absolute Gasteiger partial charge is 0.372 e. The highest BCUT2D eigenvalue weighted by Crippen LogP contribution is 2.26. The van der Waals surface area contributed by atoms with Gasteiger partial charge < -0.3 is 15.5 Å². The second-order valence-corrected chi connectivity index (χ2v) is 6.28. The van der Waals surface area contributed by atoms with E-state index in [1.54, 1.807) is 13.1 Å². The standard InChI is InChI=1S/C14H22BrN5O/c1-9(18-10(2)21)11-4-6-20(7-5-11)14-17-8-12(15)13(16-3)19-14/h8-9,11H,4-7H2,1-3H3,(H,18,21)(H,16,17,19). The maximum atomic E-state index is 11.1. The Morgan fingerprint density at radius 1 is 1.48 bits per heavy atom. The van der Waals surface area contributed by atoms with Gasteiger partial charge in [0.1, 0.15) is 5.82 Å². The van der Waals surface area contributed by atoms with E-state index in [1.807, 2.05) is 7.05 Å². The summed E-state index contributed by atoms with van der Waals surface area (Å²) in [6, 6.07) is 0.225. The van der Waals surface area contributed by atoms with Crippen LogP contribution in [0.15, 0.2) is 10.7 Å². The molecule has 0 aliphatic carbocycles. The third-order valence-electron chi connectivity index (χ3n) is 3.93. The average Bonchev–Trinajstić information content (AvgIpc) is 2.47. The van der Waals surface area contributed by atoms with E-state index in [0.29, 0.717) is 5.92 Å². The van der Waals surface area contributed by atoms with Gasteiger partial charge in [0.2, 0.25) is 11.9 Å². The summed E-state index contributed by atoms with van der Waals surface area (Å²) in [4.78, 5) is 22.2. The van der Waals surface area contributed by atoms with E-state index in [4.69, 9.17) is 0 Å². The molecule has 1 atom stereocenters. The molecule has 1 saturated heterocycles. The number of hydrogen-bond acceptors (Lipinski definition) is 5. The zero-order valence-corrected chi connectivity index (χ0v) is 14.3. The fourth-order valence-electron chi connectivity index (χ4n) is 2.72. The van der Waals surface area contributed by atoms with Gasteiger partial charge in [0.25, 0.3) is 0 Å². The Morgan fingerprint density at radius 3 is 2.71 bits per heavy atom. The number of nitrogens with one attached hydrogen (secondary N) is 2. The van der Waals surface area contributed by atoms with Crippen molar-refractivity contribution in [3.63, 3.8) is 0 Å². The Bertz CT molecular complexity index is 502. The molecule has 0 spiro atoms. The van der Waals surface area contributed by atoms with Gasteiger partial charge in [-0.25, -0.2) is 4.98 Å². The van der Waals surface area contributed by atoms with Gasteiger partial charge in [-0.05, 0) is 41.6 Å². The van der Waals surface area contributed by atoms with Crippen LogP contribution in [0.5, 0.6) is 0 Å². The van der Waals surface area contributed by atoms with E-state index in [0.717, 1.165) is 42.2 Å². The average molecular weight is 356 g/mol. The number of carbonyl (C=O) groups is 1. The van der Waals surface area contributed by atoms with Crippen molar-refractivity contribution in [2.45, 2.75) is 32.7 Å². The van der Waals surface area contributed by atoms with Crippen molar-refractivity contribution in [1.82, 2.24) is 15.3 Å². The number of anilines is 2. The monoisotopic (exact) mass is 355 g/mol. The van der Waals surface area contributed by atoms with Crippen LogP contribution in [0.2, 0.25) is 0 Å². The minimum absolute atomic E-state index is 0.0415.